The first-order valence-electron chi connectivity index (χ1n) is 10.4. The number of hydrogen-bond acceptors (Lipinski definition) is 5. The molecule has 12 heteroatoms. The molecule has 36 heavy (non-hydrogen) atoms. The molecule has 0 radical (unpaired) electrons. The molecule has 1 aliphatic rings. The summed E-state index contributed by atoms with van der Waals surface area (Å²) in [4.78, 5) is 9.56. The van der Waals surface area contributed by atoms with Crippen LogP contribution in [0.4, 0.5) is 36.4 Å². The van der Waals surface area contributed by atoms with Crippen molar-refractivity contribution in [1.29, 1.82) is 0 Å². The summed E-state index contributed by atoms with van der Waals surface area (Å²) in [5.74, 6) is -2.06. The van der Waals surface area contributed by atoms with Crippen LogP contribution in [0.25, 0.3) is 0 Å². The summed E-state index contributed by atoms with van der Waals surface area (Å²) in [5, 5.41) is 12.5. The van der Waals surface area contributed by atoms with Gasteiger partial charge in [-0.2, -0.15) is 26.3 Å². The molecule has 3 aromatic carbocycles. The molecule has 0 fully saturated rings. The summed E-state index contributed by atoms with van der Waals surface area (Å²) < 4.78 is 91.8. The Balaban J connectivity index is 1.54. The second-order valence-electron chi connectivity index (χ2n) is 8.02. The van der Waals surface area contributed by atoms with Gasteiger partial charge in [0, 0.05) is 23.4 Å². The van der Waals surface area contributed by atoms with Crippen LogP contribution in [-0.2, 0) is 23.7 Å². The monoisotopic (exact) mass is 513 g/mol. The number of phenols is 1. The second-order valence-corrected chi connectivity index (χ2v) is 8.02. The van der Waals surface area contributed by atoms with E-state index in [2.05, 4.69) is 15.8 Å². The second kappa shape index (κ2) is 9.34. The van der Waals surface area contributed by atoms with E-state index in [1.54, 1.807) is 25.1 Å². The molecule has 5 nitrogen and oxygen atoms in total. The summed E-state index contributed by atoms with van der Waals surface area (Å²) in [7, 11) is 0. The number of phenolic OH excluding ortho intramolecular Hbond substituents is 1. The van der Waals surface area contributed by atoms with Gasteiger partial charge in [-0.05, 0) is 48.4 Å². The van der Waals surface area contributed by atoms with E-state index in [4.69, 9.17) is 4.84 Å². The van der Waals surface area contributed by atoms with Gasteiger partial charge in [-0.15, -0.1) is 0 Å². The van der Waals surface area contributed by atoms with Crippen molar-refractivity contribution < 1.29 is 40.7 Å². The van der Waals surface area contributed by atoms with Gasteiger partial charge in [0.05, 0.1) is 11.1 Å². The third-order valence-electron chi connectivity index (χ3n) is 5.45. The average molecular weight is 513 g/mol. The molecule has 1 unspecified atom stereocenters. The van der Waals surface area contributed by atoms with Crippen LogP contribution >= 0.6 is 0 Å². The molecule has 3 N–H and O–H groups in total. The molecular weight excluding hydrogens is 495 g/mol. The van der Waals surface area contributed by atoms with Gasteiger partial charge in [-0.3, -0.25) is 0 Å². The first kappa shape index (κ1) is 25.3. The third-order valence-corrected chi connectivity index (χ3v) is 5.45. The number of rotatable bonds is 5. The quantitative estimate of drug-likeness (QED) is 0.342. The minimum absolute atomic E-state index is 0.0274. The van der Waals surface area contributed by atoms with E-state index < -0.39 is 41.3 Å². The molecule has 0 aromatic heterocycles. The van der Waals surface area contributed by atoms with E-state index in [0.29, 0.717) is 11.3 Å². The zero-order valence-electron chi connectivity index (χ0n) is 18.4. The standard InChI is InChI=1S/C24H18F7N3O2/c1-12-2-4-14(10-19(12)32-11-13-3-6-18(25)16(8-13)23(26,27)28)21-33-22(36-34-21)15-5-7-20(35)17(9-15)24(29,30)31/h2-10,22,32,35H,11H2,1H3,(H,33,34). The molecule has 0 spiro atoms. The summed E-state index contributed by atoms with van der Waals surface area (Å²) in [6, 6.07) is 10.7. The van der Waals surface area contributed by atoms with E-state index in [-0.39, 0.29) is 23.5 Å². The van der Waals surface area contributed by atoms with Crippen LogP contribution in [-0.4, -0.2) is 10.9 Å². The molecule has 0 bridgehead atoms. The normalized spacial score (nSPS) is 16.0. The van der Waals surface area contributed by atoms with Gasteiger partial charge in [0.1, 0.15) is 11.6 Å². The van der Waals surface area contributed by atoms with E-state index in [1.165, 1.54) is 12.1 Å². The predicted octanol–water partition coefficient (Wildman–Crippen LogP) is 6.47. The van der Waals surface area contributed by atoms with Gasteiger partial charge >= 0.3 is 12.4 Å². The number of aliphatic imine (C=N–C) groups is 1. The molecular formula is C24H18F7N3O2. The molecule has 0 saturated heterocycles. The highest BCUT2D eigenvalue weighted by molar-refractivity contribution is 5.99. The number of nitrogens with zero attached hydrogens (tertiary/aromatic N) is 1. The van der Waals surface area contributed by atoms with Crippen LogP contribution < -0.4 is 10.8 Å². The fraction of sp³-hybridized carbons (Fsp3) is 0.208. The smallest absolute Gasteiger partial charge is 0.419 e. The third kappa shape index (κ3) is 5.38. The van der Waals surface area contributed by atoms with Crippen molar-refractivity contribution in [3.8, 4) is 5.75 Å². The number of alkyl halides is 6. The summed E-state index contributed by atoms with van der Waals surface area (Å²) in [6.45, 7) is 1.73. The first-order chi connectivity index (χ1) is 16.8. The largest absolute Gasteiger partial charge is 0.507 e. The molecule has 1 atom stereocenters. The van der Waals surface area contributed by atoms with Crippen LogP contribution in [0.5, 0.6) is 5.75 Å². The molecule has 1 heterocycles. The molecule has 3 aromatic rings. The lowest BCUT2D eigenvalue weighted by atomic mass is 10.1. The number of aryl methyl sites for hydroxylation is 1. The van der Waals surface area contributed by atoms with Crippen LogP contribution in [0.1, 0.15) is 39.6 Å². The number of hydrogen-bond donors (Lipinski definition) is 3. The number of aromatic hydroxyl groups is 1. The van der Waals surface area contributed by atoms with Crippen molar-refractivity contribution in [2.75, 3.05) is 5.32 Å². The Kier molecular flexibility index (Phi) is 6.56. The Bertz CT molecular complexity index is 1320. The zero-order chi connectivity index (χ0) is 26.3. The number of hydroxylamine groups is 1. The van der Waals surface area contributed by atoms with Gasteiger partial charge < -0.3 is 10.4 Å². The molecule has 0 saturated carbocycles. The topological polar surface area (TPSA) is 65.9 Å². The highest BCUT2D eigenvalue weighted by Crippen LogP contribution is 2.38. The summed E-state index contributed by atoms with van der Waals surface area (Å²) >= 11 is 0. The Hall–Kier alpha value is -3.80. The maximum Gasteiger partial charge on any atom is 0.419 e. The lowest BCUT2D eigenvalue weighted by molar-refractivity contribution is -0.140. The Morgan fingerprint density at radius 3 is 2.36 bits per heavy atom. The Labute approximate surface area is 200 Å². The van der Waals surface area contributed by atoms with Crippen LogP contribution in [0.15, 0.2) is 59.6 Å². The maximum absolute atomic E-state index is 13.5. The van der Waals surface area contributed by atoms with Crippen molar-refractivity contribution >= 4 is 11.5 Å². The lowest BCUT2D eigenvalue weighted by Crippen LogP contribution is -2.18. The minimum atomic E-state index is -4.82. The van der Waals surface area contributed by atoms with E-state index >= 15 is 0 Å². The van der Waals surface area contributed by atoms with Crippen molar-refractivity contribution in [2.45, 2.75) is 32.0 Å². The van der Waals surface area contributed by atoms with Gasteiger partial charge in [0.2, 0.25) is 6.23 Å². The Morgan fingerprint density at radius 1 is 0.944 bits per heavy atom. The molecule has 190 valence electrons. The SMILES string of the molecule is Cc1ccc(C2=NC(c3ccc(O)c(C(F)(F)F)c3)ON2)cc1NCc1ccc(F)c(C(F)(F)F)c1. The fourth-order valence-electron chi connectivity index (χ4n) is 3.55. The lowest BCUT2D eigenvalue weighted by Gasteiger charge is -2.13. The van der Waals surface area contributed by atoms with Crippen molar-refractivity contribution in [2.24, 2.45) is 4.99 Å². The van der Waals surface area contributed by atoms with Gasteiger partial charge in [-0.25, -0.2) is 19.7 Å². The van der Waals surface area contributed by atoms with E-state index in [1.807, 2.05) is 0 Å². The van der Waals surface area contributed by atoms with Gasteiger partial charge in [-0.1, -0.05) is 24.3 Å². The van der Waals surface area contributed by atoms with E-state index in [0.717, 1.165) is 29.8 Å². The molecule has 4 rings (SSSR count). The highest BCUT2D eigenvalue weighted by Gasteiger charge is 2.36. The summed E-state index contributed by atoms with van der Waals surface area (Å²) in [6.07, 6.45) is -10.7. The zero-order valence-corrected chi connectivity index (χ0v) is 18.4. The van der Waals surface area contributed by atoms with E-state index in [9.17, 15) is 35.8 Å². The number of nitrogens with one attached hydrogen (secondary N) is 2. The number of halogens is 7. The highest BCUT2D eigenvalue weighted by atomic mass is 19.4. The van der Waals surface area contributed by atoms with Crippen molar-refractivity contribution in [3.05, 3.63) is 93.8 Å². The Morgan fingerprint density at radius 2 is 1.67 bits per heavy atom. The van der Waals surface area contributed by atoms with Crippen molar-refractivity contribution in [3.63, 3.8) is 0 Å². The first-order valence-corrected chi connectivity index (χ1v) is 10.4. The molecule has 0 aliphatic carbocycles. The van der Waals surface area contributed by atoms with Crippen LogP contribution in [0, 0.1) is 12.7 Å². The number of benzene rings is 3. The minimum Gasteiger partial charge on any atom is -0.507 e. The number of amidine groups is 1. The van der Waals surface area contributed by atoms with Crippen LogP contribution in [0.3, 0.4) is 0 Å². The van der Waals surface area contributed by atoms with Gasteiger partial charge in [0.15, 0.2) is 5.84 Å². The predicted molar refractivity (Wildman–Crippen MR) is 117 cm³/mol. The molecule has 1 aliphatic heterocycles. The average Bonchev–Trinajstić information content (AvgIpc) is 3.28. The van der Waals surface area contributed by atoms with Crippen LogP contribution in [0.2, 0.25) is 0 Å². The number of anilines is 1. The van der Waals surface area contributed by atoms with Crippen molar-refractivity contribution in [1.82, 2.24) is 5.48 Å². The summed E-state index contributed by atoms with van der Waals surface area (Å²) in [5.41, 5.74) is 2.04. The maximum atomic E-state index is 13.5. The van der Waals surface area contributed by atoms with Gasteiger partial charge in [0.25, 0.3) is 0 Å². The fourth-order valence-corrected chi connectivity index (χ4v) is 3.55. The molecule has 0 amide bonds.